The zero-order valence-corrected chi connectivity index (χ0v) is 20.2. The second-order valence-corrected chi connectivity index (χ2v) is 9.19. The molecular weight excluding hydrogens is 475 g/mol. The van der Waals surface area contributed by atoms with Gasteiger partial charge in [0.05, 0.1) is 0 Å². The summed E-state index contributed by atoms with van der Waals surface area (Å²) in [5, 5.41) is 3.07. The van der Waals surface area contributed by atoms with Gasteiger partial charge in [-0.25, -0.2) is 4.39 Å². The summed E-state index contributed by atoms with van der Waals surface area (Å²) in [7, 11) is 0. The smallest absolute Gasteiger partial charge is 0.261 e. The third kappa shape index (κ3) is 6.55. The number of carbonyl (C=O) groups is 2. The lowest BCUT2D eigenvalue weighted by Crippen LogP contribution is -2.51. The number of nitrogens with one attached hydrogen (secondary N) is 1. The van der Waals surface area contributed by atoms with Gasteiger partial charge in [0.2, 0.25) is 5.91 Å². The van der Waals surface area contributed by atoms with Gasteiger partial charge in [-0.3, -0.25) is 9.59 Å². The highest BCUT2D eigenvalue weighted by Crippen LogP contribution is 2.22. The zero-order valence-electron chi connectivity index (χ0n) is 18.6. The van der Waals surface area contributed by atoms with Crippen molar-refractivity contribution in [2.24, 2.45) is 0 Å². The van der Waals surface area contributed by atoms with E-state index in [1.54, 1.807) is 31.2 Å². The monoisotopic (exact) mass is 504 g/mol. The average molecular weight is 505 g/mol. The molecule has 1 fully saturated rings. The van der Waals surface area contributed by atoms with Gasteiger partial charge in [0, 0.05) is 22.6 Å². The largest absolute Gasteiger partial charge is 0.484 e. The van der Waals surface area contributed by atoms with Gasteiger partial charge in [0.1, 0.15) is 17.6 Å². The molecule has 1 aliphatic carbocycles. The molecule has 2 aromatic carbocycles. The molecular formula is C25H30BrFN2O3. The predicted octanol–water partition coefficient (Wildman–Crippen LogP) is 5.14. The first kappa shape index (κ1) is 24.2. The number of hydrogen-bond acceptors (Lipinski definition) is 3. The van der Waals surface area contributed by atoms with Gasteiger partial charge in [-0.1, -0.05) is 53.4 Å². The maximum Gasteiger partial charge on any atom is 0.261 e. The Morgan fingerprint density at radius 1 is 1.19 bits per heavy atom. The molecule has 2 aromatic rings. The van der Waals surface area contributed by atoms with Gasteiger partial charge in [-0.2, -0.15) is 0 Å². The Labute approximate surface area is 197 Å². The number of ether oxygens (including phenoxy) is 1. The van der Waals surface area contributed by atoms with E-state index < -0.39 is 11.9 Å². The van der Waals surface area contributed by atoms with Crippen molar-refractivity contribution < 1.29 is 18.7 Å². The summed E-state index contributed by atoms with van der Waals surface area (Å²) in [6.07, 6.45) is 5.28. The molecule has 0 saturated heterocycles. The number of halogens is 2. The SMILES string of the molecule is Cc1cc(OCC(=O)N(Cc2ccccc2F)[C@@H](C)C(=O)NC2CCCCC2)ccc1Br. The normalized spacial score (nSPS) is 15.1. The molecule has 5 nitrogen and oxygen atoms in total. The van der Waals surface area contributed by atoms with E-state index in [1.165, 1.54) is 17.4 Å². The fraction of sp³-hybridized carbons (Fsp3) is 0.440. The first-order valence-electron chi connectivity index (χ1n) is 11.1. The molecule has 2 amide bonds. The molecule has 7 heteroatoms. The van der Waals surface area contributed by atoms with E-state index in [2.05, 4.69) is 21.2 Å². The van der Waals surface area contributed by atoms with Crippen LogP contribution in [0.25, 0.3) is 0 Å². The van der Waals surface area contributed by atoms with Crippen LogP contribution in [-0.2, 0) is 16.1 Å². The van der Waals surface area contributed by atoms with E-state index >= 15 is 0 Å². The van der Waals surface area contributed by atoms with Gasteiger partial charge < -0.3 is 15.0 Å². The molecule has 0 aliphatic heterocycles. The number of amides is 2. The van der Waals surface area contributed by atoms with Crippen molar-refractivity contribution in [1.29, 1.82) is 0 Å². The van der Waals surface area contributed by atoms with Gasteiger partial charge >= 0.3 is 0 Å². The highest BCUT2D eigenvalue weighted by atomic mass is 79.9. The van der Waals surface area contributed by atoms with Crippen LogP contribution in [0.15, 0.2) is 46.9 Å². The van der Waals surface area contributed by atoms with E-state index in [-0.39, 0.29) is 31.0 Å². The van der Waals surface area contributed by atoms with E-state index in [0.717, 1.165) is 35.7 Å². The molecule has 0 aromatic heterocycles. The van der Waals surface area contributed by atoms with E-state index in [0.29, 0.717) is 11.3 Å². The standard InChI is InChI=1S/C25H30BrFN2O3/c1-17-14-21(12-13-22(17)26)32-16-24(30)29(15-19-8-6-7-11-23(19)27)18(2)25(31)28-20-9-4-3-5-10-20/h6-8,11-14,18,20H,3-5,9-10,15-16H2,1-2H3,(H,28,31)/t18-/m0/s1. The van der Waals surface area contributed by atoms with Crippen LogP contribution in [0, 0.1) is 12.7 Å². The Kier molecular flexibility index (Phi) is 8.67. The fourth-order valence-electron chi connectivity index (χ4n) is 3.90. The van der Waals surface area contributed by atoms with Gasteiger partial charge in [-0.15, -0.1) is 0 Å². The van der Waals surface area contributed by atoms with E-state index in [9.17, 15) is 14.0 Å². The first-order valence-corrected chi connectivity index (χ1v) is 11.9. The second-order valence-electron chi connectivity index (χ2n) is 8.33. The van der Waals surface area contributed by atoms with E-state index in [4.69, 9.17) is 4.74 Å². The second kappa shape index (κ2) is 11.5. The lowest BCUT2D eigenvalue weighted by molar-refractivity contribution is -0.142. The zero-order chi connectivity index (χ0) is 23.1. The third-order valence-corrected chi connectivity index (χ3v) is 6.80. The van der Waals surface area contributed by atoms with Crippen molar-refractivity contribution in [3.63, 3.8) is 0 Å². The molecule has 1 atom stereocenters. The lowest BCUT2D eigenvalue weighted by Gasteiger charge is -2.31. The van der Waals surface area contributed by atoms with Crippen molar-refractivity contribution >= 4 is 27.7 Å². The Morgan fingerprint density at radius 3 is 2.59 bits per heavy atom. The van der Waals surface area contributed by atoms with Crippen LogP contribution >= 0.6 is 15.9 Å². The molecule has 0 unspecified atom stereocenters. The van der Waals surface area contributed by atoms with Gasteiger partial charge in [0.25, 0.3) is 5.91 Å². The van der Waals surface area contributed by atoms with Crippen LogP contribution in [0.1, 0.15) is 50.2 Å². The van der Waals surface area contributed by atoms with Crippen LogP contribution in [-0.4, -0.2) is 35.4 Å². The molecule has 172 valence electrons. The van der Waals surface area contributed by atoms with E-state index in [1.807, 2.05) is 19.1 Å². The van der Waals surface area contributed by atoms with Crippen molar-refractivity contribution in [1.82, 2.24) is 10.2 Å². The summed E-state index contributed by atoms with van der Waals surface area (Å²) in [6, 6.07) is 11.1. The first-order chi connectivity index (χ1) is 15.3. The van der Waals surface area contributed by atoms with Crippen molar-refractivity contribution in [2.75, 3.05) is 6.61 Å². The molecule has 3 rings (SSSR count). The van der Waals surface area contributed by atoms with Crippen LogP contribution in [0.4, 0.5) is 4.39 Å². The summed E-state index contributed by atoms with van der Waals surface area (Å²) in [5.41, 5.74) is 1.34. The molecule has 0 radical (unpaired) electrons. The highest BCUT2D eigenvalue weighted by Gasteiger charge is 2.29. The van der Waals surface area contributed by atoms with Crippen molar-refractivity contribution in [2.45, 2.75) is 64.6 Å². The van der Waals surface area contributed by atoms with Crippen molar-refractivity contribution in [3.05, 3.63) is 63.9 Å². The molecule has 0 bridgehead atoms. The molecule has 1 saturated carbocycles. The summed E-state index contributed by atoms with van der Waals surface area (Å²) in [6.45, 7) is 3.37. The summed E-state index contributed by atoms with van der Waals surface area (Å²) in [5.74, 6) is -0.444. The Morgan fingerprint density at radius 2 is 1.91 bits per heavy atom. The maximum absolute atomic E-state index is 14.3. The highest BCUT2D eigenvalue weighted by molar-refractivity contribution is 9.10. The van der Waals surface area contributed by atoms with Gasteiger partial charge in [-0.05, 0) is 56.5 Å². The summed E-state index contributed by atoms with van der Waals surface area (Å²) < 4.78 is 21.0. The summed E-state index contributed by atoms with van der Waals surface area (Å²) in [4.78, 5) is 27.4. The van der Waals surface area contributed by atoms with Crippen LogP contribution in [0.5, 0.6) is 5.75 Å². The Hall–Kier alpha value is -2.41. The number of rotatable bonds is 8. The Balaban J connectivity index is 1.72. The molecule has 0 heterocycles. The van der Waals surface area contributed by atoms with Crippen LogP contribution in [0.3, 0.4) is 0 Å². The third-order valence-electron chi connectivity index (χ3n) is 5.91. The minimum Gasteiger partial charge on any atom is -0.484 e. The Bertz CT molecular complexity index is 947. The predicted molar refractivity (Wildman–Crippen MR) is 126 cm³/mol. The van der Waals surface area contributed by atoms with Crippen LogP contribution < -0.4 is 10.1 Å². The number of hydrogen-bond donors (Lipinski definition) is 1. The summed E-state index contributed by atoms with van der Waals surface area (Å²) >= 11 is 3.44. The maximum atomic E-state index is 14.3. The fourth-order valence-corrected chi connectivity index (χ4v) is 4.14. The minimum atomic E-state index is -0.751. The minimum absolute atomic E-state index is 0.00646. The van der Waals surface area contributed by atoms with Gasteiger partial charge in [0.15, 0.2) is 6.61 Å². The molecule has 0 spiro atoms. The molecule has 1 N–H and O–H groups in total. The molecule has 1 aliphatic rings. The molecule has 32 heavy (non-hydrogen) atoms. The lowest BCUT2D eigenvalue weighted by atomic mass is 9.95. The number of nitrogens with zero attached hydrogens (tertiary/aromatic N) is 1. The number of carbonyl (C=O) groups excluding carboxylic acids is 2. The quantitative estimate of drug-likeness (QED) is 0.541. The average Bonchev–Trinajstić information content (AvgIpc) is 2.79. The van der Waals surface area contributed by atoms with Crippen molar-refractivity contribution in [3.8, 4) is 5.75 Å². The topological polar surface area (TPSA) is 58.6 Å². The number of benzene rings is 2. The van der Waals surface area contributed by atoms with Crippen LogP contribution in [0.2, 0.25) is 0 Å². The number of aryl methyl sites for hydroxylation is 1.